The maximum atomic E-state index is 10.9. The van der Waals surface area contributed by atoms with Gasteiger partial charge in [0, 0.05) is 12.2 Å². The summed E-state index contributed by atoms with van der Waals surface area (Å²) in [6.07, 6.45) is 3.84. The van der Waals surface area contributed by atoms with Crippen molar-refractivity contribution >= 4 is 23.9 Å². The minimum Gasteiger partial charge on any atom is -0.393 e. The summed E-state index contributed by atoms with van der Waals surface area (Å²) in [5, 5.41) is 0. The number of hydrogen-bond acceptors (Lipinski definition) is 6. The molecule has 142 valence electrons. The highest BCUT2D eigenvalue weighted by atomic mass is 16.6. The molecule has 2 heterocycles. The third kappa shape index (κ3) is 10.5. The van der Waals surface area contributed by atoms with Gasteiger partial charge in [-0.15, -0.1) is 13.2 Å². The molecule has 0 aromatic heterocycles. The Hall–Kier alpha value is -2.24. The first-order valence-corrected chi connectivity index (χ1v) is 6.15. The first-order chi connectivity index (χ1) is 9.45. The lowest BCUT2D eigenvalue weighted by molar-refractivity contribution is -0.154. The minimum atomic E-state index is -0.579. The minimum absolute atomic E-state index is 0. The van der Waals surface area contributed by atoms with Gasteiger partial charge < -0.3 is 9.47 Å². The number of ether oxygens (including phenoxy) is 2. The Balaban J connectivity index is -0.0000000825. The van der Waals surface area contributed by atoms with Gasteiger partial charge in [-0.1, -0.05) is 50.0 Å². The van der Waals surface area contributed by atoms with E-state index in [0.717, 1.165) is 25.0 Å². The van der Waals surface area contributed by atoms with Gasteiger partial charge in [0.1, 0.15) is 0 Å². The molecule has 0 aromatic rings. The molecule has 2 atom stereocenters. The van der Waals surface area contributed by atoms with Crippen LogP contribution in [-0.4, -0.2) is 23.9 Å². The zero-order valence-corrected chi connectivity index (χ0v) is 11.6. The molecule has 2 unspecified atom stereocenters. The van der Waals surface area contributed by atoms with Gasteiger partial charge in [-0.05, 0) is 6.42 Å². The van der Waals surface area contributed by atoms with Crippen LogP contribution >= 0.6 is 0 Å². The van der Waals surface area contributed by atoms with Gasteiger partial charge in [0.2, 0.25) is 0 Å². The second-order valence-corrected chi connectivity index (χ2v) is 4.00. The van der Waals surface area contributed by atoms with Gasteiger partial charge in [-0.3, -0.25) is 9.59 Å². The van der Waals surface area contributed by atoms with E-state index in [0.29, 0.717) is 0 Å². The van der Waals surface area contributed by atoms with Crippen LogP contribution in [-0.2, 0) is 28.7 Å². The molecule has 1 fully saturated rings. The van der Waals surface area contributed by atoms with Crippen LogP contribution in [0.25, 0.3) is 0 Å². The molecular weight excluding hydrogens is 312 g/mol. The zero-order valence-electron chi connectivity index (χ0n) is 11.6. The Morgan fingerprint density at radius 2 is 1.29 bits per heavy atom. The van der Waals surface area contributed by atoms with Crippen molar-refractivity contribution in [3.05, 3.63) is 25.3 Å². The average molecular weight is 346 g/mol. The highest BCUT2D eigenvalue weighted by Crippen LogP contribution is 2.26. The fourth-order valence-corrected chi connectivity index (χ4v) is 1.62. The van der Waals surface area contributed by atoms with Crippen molar-refractivity contribution in [1.82, 2.24) is 0 Å². The molecule has 24 heavy (non-hydrogen) atoms. The predicted octanol–water partition coefficient (Wildman–Crippen LogP) is 4.09. The molecule has 1 saturated heterocycles. The van der Waals surface area contributed by atoms with Gasteiger partial charge >= 0.3 is 23.9 Å². The summed E-state index contributed by atoms with van der Waals surface area (Å²) in [5.74, 6) is -2.29. The molecule has 0 aliphatic carbocycles. The van der Waals surface area contributed by atoms with E-state index in [1.165, 1.54) is 0 Å². The van der Waals surface area contributed by atoms with Gasteiger partial charge in [-0.25, -0.2) is 9.59 Å². The third-order valence-corrected chi connectivity index (χ3v) is 2.64. The Labute approximate surface area is 146 Å². The molecule has 0 saturated carbocycles. The summed E-state index contributed by atoms with van der Waals surface area (Å²) < 4.78 is 8.43. The van der Waals surface area contributed by atoms with Crippen LogP contribution in [0.1, 0.15) is 56.4 Å². The fraction of sp³-hybridized carbons (Fsp3) is 0.556. The van der Waals surface area contributed by atoms with E-state index in [1.54, 1.807) is 6.92 Å². The van der Waals surface area contributed by atoms with E-state index >= 15 is 0 Å². The Morgan fingerprint density at radius 1 is 0.875 bits per heavy atom. The summed E-state index contributed by atoms with van der Waals surface area (Å²) in [4.78, 5) is 41.6. The summed E-state index contributed by atoms with van der Waals surface area (Å²) in [6.45, 7) is 9.73. The highest BCUT2D eigenvalue weighted by molar-refractivity contribution is 6.04. The van der Waals surface area contributed by atoms with E-state index in [1.807, 2.05) is 6.92 Å². The zero-order chi connectivity index (χ0) is 15.7. The summed E-state index contributed by atoms with van der Waals surface area (Å²) in [5.41, 5.74) is 0. The molecule has 0 amide bonds. The van der Waals surface area contributed by atoms with Crippen LogP contribution in [0.15, 0.2) is 25.3 Å². The maximum Gasteiger partial charge on any atom is 0.338 e. The smallest absolute Gasteiger partial charge is 0.338 e. The van der Waals surface area contributed by atoms with E-state index in [9.17, 15) is 19.2 Å². The number of carbonyl (C=O) groups excluding carboxylic acids is 4. The predicted molar refractivity (Wildman–Crippen MR) is 97.1 cm³/mol. The number of hydrogen-bond donors (Lipinski definition) is 0. The van der Waals surface area contributed by atoms with Crippen molar-refractivity contribution in [2.45, 2.75) is 56.4 Å². The molecule has 0 radical (unpaired) electrons. The number of cyclic esters (lactones) is 4. The van der Waals surface area contributed by atoms with Crippen LogP contribution < -0.4 is 0 Å². The average Bonchev–Trinajstić information content (AvgIpc) is 2.91. The Morgan fingerprint density at radius 3 is 1.50 bits per heavy atom. The van der Waals surface area contributed by atoms with E-state index in [4.69, 9.17) is 0 Å². The number of esters is 4. The van der Waals surface area contributed by atoms with Gasteiger partial charge in [0.05, 0.1) is 11.8 Å². The van der Waals surface area contributed by atoms with Gasteiger partial charge in [-0.2, -0.15) is 0 Å². The summed E-state index contributed by atoms with van der Waals surface area (Å²) in [7, 11) is 0. The van der Waals surface area contributed by atoms with Crippen molar-refractivity contribution in [2.24, 2.45) is 11.8 Å². The largest absolute Gasteiger partial charge is 0.393 e. The van der Waals surface area contributed by atoms with E-state index < -0.39 is 11.9 Å². The molecule has 0 N–H and O–H groups in total. The molecule has 2 aliphatic heterocycles. The van der Waals surface area contributed by atoms with Crippen LogP contribution in [0, 0.1) is 11.8 Å². The third-order valence-electron chi connectivity index (χ3n) is 2.64. The molecule has 2 aliphatic rings. The second kappa shape index (κ2) is 17.1. The molecule has 0 bridgehead atoms. The molecule has 6 nitrogen and oxygen atoms in total. The SMILES string of the molecule is C.C.C.C.C=C.CCCC1C(=O)OC(=O)C1C.O=C1C=CC(=O)O1. The quantitative estimate of drug-likeness (QED) is 0.425. The summed E-state index contributed by atoms with van der Waals surface area (Å²) in [6, 6.07) is 0. The van der Waals surface area contributed by atoms with E-state index in [2.05, 4.69) is 22.6 Å². The van der Waals surface area contributed by atoms with Crippen LogP contribution in [0.4, 0.5) is 0 Å². The number of rotatable bonds is 2. The van der Waals surface area contributed by atoms with Gasteiger partial charge in [0.25, 0.3) is 0 Å². The lowest BCUT2D eigenvalue weighted by Crippen LogP contribution is -2.13. The fourth-order valence-electron chi connectivity index (χ4n) is 1.62. The first-order valence-electron chi connectivity index (χ1n) is 6.15. The molecule has 2 rings (SSSR count). The molecule has 0 spiro atoms. The van der Waals surface area contributed by atoms with Crippen molar-refractivity contribution < 1.29 is 28.7 Å². The van der Waals surface area contributed by atoms with Crippen molar-refractivity contribution in [2.75, 3.05) is 0 Å². The van der Waals surface area contributed by atoms with Crippen LogP contribution in [0.3, 0.4) is 0 Å². The van der Waals surface area contributed by atoms with Crippen molar-refractivity contribution in [1.29, 1.82) is 0 Å². The topological polar surface area (TPSA) is 86.7 Å². The highest BCUT2D eigenvalue weighted by Gasteiger charge is 2.40. The molecular formula is C18H34O6. The van der Waals surface area contributed by atoms with E-state index in [-0.39, 0.29) is 53.5 Å². The lowest BCUT2D eigenvalue weighted by Gasteiger charge is -2.05. The maximum absolute atomic E-state index is 10.9. The second-order valence-electron chi connectivity index (χ2n) is 4.00. The van der Waals surface area contributed by atoms with Crippen molar-refractivity contribution in [3.8, 4) is 0 Å². The normalized spacial score (nSPS) is 19.4. The monoisotopic (exact) mass is 346 g/mol. The van der Waals surface area contributed by atoms with Crippen LogP contribution in [0.5, 0.6) is 0 Å². The standard InChI is InChI=1S/C8H12O3.C4H2O3.C2H4.4CH4/c1-3-4-6-5(2)7(9)11-8(6)10;5-3-1-2-4(6)7-3;1-2;;;;/h5-6H,3-4H2,1-2H3;1-2H;1-2H2;4*1H4. The van der Waals surface area contributed by atoms with Gasteiger partial charge in [0.15, 0.2) is 0 Å². The first kappa shape index (κ1) is 33.4. The summed E-state index contributed by atoms with van der Waals surface area (Å²) >= 11 is 0. The lowest BCUT2D eigenvalue weighted by atomic mass is 9.93. The Kier molecular flexibility index (Phi) is 23.8. The van der Waals surface area contributed by atoms with Crippen LogP contribution in [0.2, 0.25) is 0 Å². The van der Waals surface area contributed by atoms with Crippen molar-refractivity contribution in [3.63, 3.8) is 0 Å². The Bertz CT molecular complexity index is 409. The number of carbonyl (C=O) groups is 4. The molecule has 0 aromatic carbocycles. The molecule has 6 heteroatoms.